The Morgan fingerprint density at radius 1 is 0.957 bits per heavy atom. The molecule has 1 unspecified atom stereocenters. The van der Waals surface area contributed by atoms with E-state index in [0.29, 0.717) is 0 Å². The van der Waals surface area contributed by atoms with Crippen LogP contribution in [-0.4, -0.2) is 19.9 Å². The molecule has 0 radical (unpaired) electrons. The number of nitrogens with zero attached hydrogens (tertiary/aromatic N) is 3. The van der Waals surface area contributed by atoms with E-state index in [9.17, 15) is 0 Å². The number of hydrogen-bond acceptors (Lipinski definition) is 3. The number of imidazole rings is 1. The second-order valence-electron chi connectivity index (χ2n) is 5.27. The molecule has 0 bridgehead atoms. The fourth-order valence-electron chi connectivity index (χ4n) is 2.85. The number of fused-ring (bicyclic) bond motifs is 1. The summed E-state index contributed by atoms with van der Waals surface area (Å²) in [4.78, 5) is 16.2. The largest absolute Gasteiger partial charge is 0.348 e. The molecular formula is C18H13IN4. The zero-order valence-corrected chi connectivity index (χ0v) is 14.3. The zero-order valence-electron chi connectivity index (χ0n) is 12.1. The lowest BCUT2D eigenvalue weighted by Gasteiger charge is -2.18. The van der Waals surface area contributed by atoms with Gasteiger partial charge in [0.2, 0.25) is 0 Å². The minimum Gasteiger partial charge on any atom is -0.348 e. The van der Waals surface area contributed by atoms with Gasteiger partial charge in [0.1, 0.15) is 0 Å². The minimum atomic E-state index is 0.0720. The van der Waals surface area contributed by atoms with E-state index in [1.807, 2.05) is 30.7 Å². The van der Waals surface area contributed by atoms with Crippen LogP contribution in [0.2, 0.25) is 0 Å². The topological polar surface area (TPSA) is 54.5 Å². The van der Waals surface area contributed by atoms with Crippen molar-refractivity contribution in [3.05, 3.63) is 87.9 Å². The van der Waals surface area contributed by atoms with Crippen molar-refractivity contribution in [2.45, 2.75) is 5.92 Å². The maximum absolute atomic E-state index is 4.44. The van der Waals surface area contributed by atoms with Crippen molar-refractivity contribution >= 4 is 33.5 Å². The summed E-state index contributed by atoms with van der Waals surface area (Å²) in [7, 11) is 0. The lowest BCUT2D eigenvalue weighted by atomic mass is 9.89. The quantitative estimate of drug-likeness (QED) is 0.515. The van der Waals surface area contributed by atoms with Crippen LogP contribution in [0, 0.1) is 3.57 Å². The molecule has 0 fully saturated rings. The first-order chi connectivity index (χ1) is 11.3. The number of aromatic nitrogens is 4. The molecule has 112 valence electrons. The number of halogens is 1. The zero-order chi connectivity index (χ0) is 15.6. The number of nitrogens with one attached hydrogen (secondary N) is 1. The molecular weight excluding hydrogens is 399 g/mol. The van der Waals surface area contributed by atoms with Crippen LogP contribution in [0.15, 0.2) is 67.5 Å². The second kappa shape index (κ2) is 6.08. The van der Waals surface area contributed by atoms with Crippen molar-refractivity contribution in [1.82, 2.24) is 19.9 Å². The lowest BCUT2D eigenvalue weighted by Crippen LogP contribution is -2.06. The van der Waals surface area contributed by atoms with Crippen LogP contribution in [0.5, 0.6) is 0 Å². The molecule has 1 N–H and O–H groups in total. The van der Waals surface area contributed by atoms with Crippen molar-refractivity contribution in [1.29, 1.82) is 0 Å². The summed E-state index contributed by atoms with van der Waals surface area (Å²) < 4.78 is 1.21. The Hall–Kier alpha value is -2.28. The minimum absolute atomic E-state index is 0.0720. The molecule has 0 aliphatic rings. The molecule has 0 saturated heterocycles. The normalized spacial score (nSPS) is 12.4. The maximum Gasteiger partial charge on any atom is 0.0922 e. The molecule has 0 spiro atoms. The van der Waals surface area contributed by atoms with Crippen molar-refractivity contribution in [2.75, 3.05) is 0 Å². The summed E-state index contributed by atoms with van der Waals surface area (Å²) in [5.41, 5.74) is 4.43. The average Bonchev–Trinajstić information content (AvgIpc) is 3.13. The fraction of sp³-hybridized carbons (Fsp3) is 0.0556. The summed E-state index contributed by atoms with van der Waals surface area (Å²) in [6, 6.07) is 12.4. The van der Waals surface area contributed by atoms with E-state index < -0.39 is 0 Å². The molecule has 1 aromatic carbocycles. The molecule has 0 saturated carbocycles. The van der Waals surface area contributed by atoms with Crippen LogP contribution < -0.4 is 0 Å². The summed E-state index contributed by atoms with van der Waals surface area (Å²) in [5.74, 6) is 0.0720. The lowest BCUT2D eigenvalue weighted by molar-refractivity contribution is 0.919. The van der Waals surface area contributed by atoms with Gasteiger partial charge in [-0.2, -0.15) is 0 Å². The van der Waals surface area contributed by atoms with Gasteiger partial charge in [0.05, 0.1) is 17.8 Å². The Bertz CT molecular complexity index is 936. The molecule has 3 aromatic heterocycles. The molecule has 5 heteroatoms. The van der Waals surface area contributed by atoms with E-state index >= 15 is 0 Å². The predicted octanol–water partition coefficient (Wildman–Crippen LogP) is 4.14. The van der Waals surface area contributed by atoms with Gasteiger partial charge in [-0.3, -0.25) is 9.97 Å². The monoisotopic (exact) mass is 412 g/mol. The van der Waals surface area contributed by atoms with Gasteiger partial charge in [-0.15, -0.1) is 0 Å². The highest BCUT2D eigenvalue weighted by Gasteiger charge is 2.21. The number of pyridine rings is 2. The Labute approximate surface area is 147 Å². The van der Waals surface area contributed by atoms with Crippen molar-refractivity contribution < 1.29 is 0 Å². The number of benzene rings is 1. The molecule has 4 rings (SSSR count). The molecule has 0 aliphatic carbocycles. The summed E-state index contributed by atoms with van der Waals surface area (Å²) in [6.07, 6.45) is 9.12. The van der Waals surface area contributed by atoms with Crippen LogP contribution in [0.3, 0.4) is 0 Å². The van der Waals surface area contributed by atoms with Crippen LogP contribution in [0.4, 0.5) is 0 Å². The van der Waals surface area contributed by atoms with Crippen molar-refractivity contribution in [3.63, 3.8) is 0 Å². The maximum atomic E-state index is 4.44. The van der Waals surface area contributed by atoms with Crippen LogP contribution in [-0.2, 0) is 0 Å². The van der Waals surface area contributed by atoms with E-state index in [4.69, 9.17) is 0 Å². The first-order valence-electron chi connectivity index (χ1n) is 7.26. The van der Waals surface area contributed by atoms with Gasteiger partial charge in [0.15, 0.2) is 0 Å². The molecule has 0 amide bonds. The standard InChI is InChI=1S/C18H13IN4/c19-18-13-4-2-8-22-15(13)6-5-14(18)17(16-10-21-11-23-16)12-3-1-7-20-9-12/h1-11,17H,(H,21,23). The van der Waals surface area contributed by atoms with E-state index in [1.54, 1.807) is 12.5 Å². The van der Waals surface area contributed by atoms with E-state index in [1.165, 1.54) is 14.5 Å². The fourth-order valence-corrected chi connectivity index (χ4v) is 3.80. The van der Waals surface area contributed by atoms with Crippen LogP contribution in [0.1, 0.15) is 22.7 Å². The molecule has 3 heterocycles. The smallest absolute Gasteiger partial charge is 0.0922 e. The summed E-state index contributed by atoms with van der Waals surface area (Å²) in [6.45, 7) is 0. The molecule has 4 aromatic rings. The molecule has 23 heavy (non-hydrogen) atoms. The number of hydrogen-bond donors (Lipinski definition) is 1. The Morgan fingerprint density at radius 2 is 1.87 bits per heavy atom. The highest BCUT2D eigenvalue weighted by Crippen LogP contribution is 2.35. The summed E-state index contributed by atoms with van der Waals surface area (Å²) in [5, 5.41) is 1.17. The van der Waals surface area contributed by atoms with Gasteiger partial charge < -0.3 is 4.98 Å². The van der Waals surface area contributed by atoms with Gasteiger partial charge in [-0.1, -0.05) is 18.2 Å². The van der Waals surface area contributed by atoms with Gasteiger partial charge in [0, 0.05) is 39.4 Å². The highest BCUT2D eigenvalue weighted by molar-refractivity contribution is 14.1. The number of rotatable bonds is 3. The third-order valence-corrected chi connectivity index (χ3v) is 5.11. The van der Waals surface area contributed by atoms with E-state index in [2.05, 4.69) is 66.8 Å². The van der Waals surface area contributed by atoms with Crippen molar-refractivity contribution in [2.24, 2.45) is 0 Å². The third kappa shape index (κ3) is 2.61. The Kier molecular flexibility index (Phi) is 3.78. The first-order valence-corrected chi connectivity index (χ1v) is 8.34. The van der Waals surface area contributed by atoms with Gasteiger partial charge in [-0.05, 0) is 51.9 Å². The SMILES string of the molecule is Ic1c(C(c2cccnc2)c2cnc[nH]2)ccc2ncccc12. The summed E-state index contributed by atoms with van der Waals surface area (Å²) >= 11 is 2.41. The van der Waals surface area contributed by atoms with E-state index in [-0.39, 0.29) is 5.92 Å². The van der Waals surface area contributed by atoms with E-state index in [0.717, 1.165) is 16.8 Å². The number of aromatic amines is 1. The highest BCUT2D eigenvalue weighted by atomic mass is 127. The molecule has 1 atom stereocenters. The third-order valence-electron chi connectivity index (χ3n) is 3.91. The average molecular weight is 412 g/mol. The van der Waals surface area contributed by atoms with Gasteiger partial charge in [0.25, 0.3) is 0 Å². The van der Waals surface area contributed by atoms with Gasteiger partial charge in [-0.25, -0.2) is 4.98 Å². The van der Waals surface area contributed by atoms with Crippen molar-refractivity contribution in [3.8, 4) is 0 Å². The van der Waals surface area contributed by atoms with Crippen LogP contribution in [0.25, 0.3) is 10.9 Å². The van der Waals surface area contributed by atoms with Crippen LogP contribution >= 0.6 is 22.6 Å². The first kappa shape index (κ1) is 14.3. The molecule has 4 nitrogen and oxygen atoms in total. The van der Waals surface area contributed by atoms with Gasteiger partial charge >= 0.3 is 0 Å². The predicted molar refractivity (Wildman–Crippen MR) is 98.2 cm³/mol. The second-order valence-corrected chi connectivity index (χ2v) is 6.34. The Balaban J connectivity index is 1.96. The number of H-pyrrole nitrogens is 1. The molecule has 0 aliphatic heterocycles. The Morgan fingerprint density at radius 3 is 2.65 bits per heavy atom.